The number of nitrogens with zero attached hydrogens (tertiary/aromatic N) is 4. The number of nitrogens with one attached hydrogen (secondary N) is 1. The third kappa shape index (κ3) is 3.52. The second-order valence-corrected chi connectivity index (χ2v) is 7.73. The summed E-state index contributed by atoms with van der Waals surface area (Å²) in [7, 11) is 1.85. The molecule has 31 heavy (non-hydrogen) atoms. The van der Waals surface area contributed by atoms with E-state index in [9.17, 15) is 9.18 Å². The van der Waals surface area contributed by atoms with E-state index in [1.54, 1.807) is 24.5 Å². The van der Waals surface area contributed by atoms with E-state index < -0.39 is 6.04 Å². The zero-order chi connectivity index (χ0) is 21.4. The van der Waals surface area contributed by atoms with E-state index in [2.05, 4.69) is 15.4 Å². The zero-order valence-electron chi connectivity index (χ0n) is 17.1. The Kier molecular flexibility index (Phi) is 4.86. The molecule has 2 heterocycles. The van der Waals surface area contributed by atoms with E-state index in [0.29, 0.717) is 17.1 Å². The van der Waals surface area contributed by atoms with Crippen LogP contribution in [0.2, 0.25) is 0 Å². The number of carbonyl (C=O) groups is 1. The van der Waals surface area contributed by atoms with Gasteiger partial charge in [-0.05, 0) is 49.1 Å². The third-order valence-electron chi connectivity index (χ3n) is 5.72. The van der Waals surface area contributed by atoms with E-state index in [-0.39, 0.29) is 11.7 Å². The van der Waals surface area contributed by atoms with Crippen molar-refractivity contribution in [2.45, 2.75) is 25.3 Å². The third-order valence-corrected chi connectivity index (χ3v) is 5.72. The number of hydrogen-bond donors (Lipinski definition) is 1. The van der Waals surface area contributed by atoms with Crippen LogP contribution in [0.3, 0.4) is 0 Å². The lowest BCUT2D eigenvalue weighted by molar-refractivity contribution is 0.0934. The Morgan fingerprint density at radius 2 is 1.97 bits per heavy atom. The number of hydrogen-bond acceptors (Lipinski definition) is 3. The topological polar surface area (TPSA) is 64.7 Å². The number of aromatic nitrogens is 4. The van der Waals surface area contributed by atoms with Gasteiger partial charge in [0.25, 0.3) is 5.91 Å². The van der Waals surface area contributed by atoms with Gasteiger partial charge in [-0.15, -0.1) is 0 Å². The molecule has 156 valence electrons. The molecule has 7 heteroatoms. The molecule has 0 bridgehead atoms. The van der Waals surface area contributed by atoms with Crippen molar-refractivity contribution in [1.29, 1.82) is 0 Å². The summed E-state index contributed by atoms with van der Waals surface area (Å²) < 4.78 is 17.6. The summed E-state index contributed by atoms with van der Waals surface area (Å²) in [6.45, 7) is 0. The van der Waals surface area contributed by atoms with E-state index >= 15 is 0 Å². The lowest BCUT2D eigenvalue weighted by atomic mass is 10.1. The predicted molar refractivity (Wildman–Crippen MR) is 115 cm³/mol. The number of rotatable bonds is 5. The van der Waals surface area contributed by atoms with Crippen molar-refractivity contribution in [3.8, 4) is 5.69 Å². The quantitative estimate of drug-likeness (QED) is 0.540. The molecule has 0 radical (unpaired) electrons. The molecule has 0 saturated heterocycles. The zero-order valence-corrected chi connectivity index (χ0v) is 17.1. The fraction of sp³-hybridized carbons (Fsp3) is 0.208. The summed E-state index contributed by atoms with van der Waals surface area (Å²) in [5.74, 6) is -0.0246. The molecule has 5 rings (SSSR count). The molecular weight excluding hydrogens is 393 g/mol. The number of para-hydroxylation sites is 1. The monoisotopic (exact) mass is 415 g/mol. The largest absolute Gasteiger partial charge is 0.337 e. The van der Waals surface area contributed by atoms with Gasteiger partial charge in [0.05, 0.1) is 5.69 Å². The molecule has 0 aliphatic heterocycles. The molecule has 2 aromatic heterocycles. The molecule has 1 N–H and O–H groups in total. The number of aryl methyl sites for hydroxylation is 1. The minimum atomic E-state index is -0.595. The van der Waals surface area contributed by atoms with Crippen LogP contribution in [0.5, 0.6) is 0 Å². The van der Waals surface area contributed by atoms with Crippen molar-refractivity contribution in [3.05, 3.63) is 101 Å². The summed E-state index contributed by atoms with van der Waals surface area (Å²) in [4.78, 5) is 17.8. The smallest absolute Gasteiger partial charge is 0.272 e. The lowest BCUT2D eigenvalue weighted by Crippen LogP contribution is -2.32. The fourth-order valence-corrected chi connectivity index (χ4v) is 4.24. The molecule has 6 nitrogen and oxygen atoms in total. The van der Waals surface area contributed by atoms with E-state index in [1.807, 2.05) is 46.6 Å². The second-order valence-electron chi connectivity index (χ2n) is 7.73. The first-order valence-corrected chi connectivity index (χ1v) is 10.3. The van der Waals surface area contributed by atoms with Gasteiger partial charge in [-0.1, -0.05) is 30.3 Å². The first kappa shape index (κ1) is 19.2. The molecule has 0 spiro atoms. The van der Waals surface area contributed by atoms with Crippen molar-refractivity contribution >= 4 is 5.91 Å². The lowest BCUT2D eigenvalue weighted by Gasteiger charge is -2.19. The molecule has 1 amide bonds. The number of amides is 1. The molecule has 1 unspecified atom stereocenters. The molecule has 4 aromatic rings. The van der Waals surface area contributed by atoms with Gasteiger partial charge < -0.3 is 9.88 Å². The molecule has 0 fully saturated rings. The van der Waals surface area contributed by atoms with Crippen molar-refractivity contribution in [2.75, 3.05) is 0 Å². The molecular formula is C24H22FN5O. The Bertz CT molecular complexity index is 1240. The Morgan fingerprint density at radius 1 is 1.13 bits per heavy atom. The summed E-state index contributed by atoms with van der Waals surface area (Å²) in [5, 5.41) is 7.72. The number of halogens is 1. The molecule has 1 aliphatic rings. The van der Waals surface area contributed by atoms with Crippen LogP contribution in [0.25, 0.3) is 5.69 Å². The second kappa shape index (κ2) is 7.83. The van der Waals surface area contributed by atoms with Crippen LogP contribution in [0.1, 0.15) is 45.6 Å². The Hall–Kier alpha value is -3.74. The number of benzene rings is 2. The van der Waals surface area contributed by atoms with Crippen molar-refractivity contribution in [1.82, 2.24) is 24.6 Å². The van der Waals surface area contributed by atoms with E-state index in [1.165, 1.54) is 12.1 Å². The van der Waals surface area contributed by atoms with Gasteiger partial charge in [-0.25, -0.2) is 14.1 Å². The number of carbonyl (C=O) groups excluding carboxylic acids is 1. The Morgan fingerprint density at radius 3 is 2.71 bits per heavy atom. The maximum absolute atomic E-state index is 13.9. The van der Waals surface area contributed by atoms with Crippen LogP contribution in [0, 0.1) is 5.82 Å². The van der Waals surface area contributed by atoms with Crippen LogP contribution in [-0.4, -0.2) is 25.2 Å². The van der Waals surface area contributed by atoms with E-state index in [0.717, 1.165) is 36.2 Å². The van der Waals surface area contributed by atoms with Crippen molar-refractivity contribution in [2.24, 2.45) is 7.05 Å². The average Bonchev–Trinajstić information content (AvgIpc) is 3.49. The highest BCUT2D eigenvalue weighted by Crippen LogP contribution is 2.29. The molecule has 0 saturated carbocycles. The molecule has 2 aromatic carbocycles. The van der Waals surface area contributed by atoms with Gasteiger partial charge in [-0.3, -0.25) is 4.79 Å². The number of fused-ring (bicyclic) bond motifs is 1. The minimum Gasteiger partial charge on any atom is -0.337 e. The Balaban J connectivity index is 1.53. The first-order valence-electron chi connectivity index (χ1n) is 10.3. The first-order chi connectivity index (χ1) is 15.1. The predicted octanol–water partition coefficient (Wildman–Crippen LogP) is 3.75. The van der Waals surface area contributed by atoms with Gasteiger partial charge in [0, 0.05) is 30.7 Å². The van der Waals surface area contributed by atoms with Gasteiger partial charge in [0.1, 0.15) is 17.7 Å². The summed E-state index contributed by atoms with van der Waals surface area (Å²) in [6, 6.07) is 15.5. The number of imidazole rings is 1. The summed E-state index contributed by atoms with van der Waals surface area (Å²) >= 11 is 0. The van der Waals surface area contributed by atoms with Crippen LogP contribution in [-0.2, 0) is 19.9 Å². The van der Waals surface area contributed by atoms with Crippen LogP contribution < -0.4 is 5.32 Å². The highest BCUT2D eigenvalue weighted by Gasteiger charge is 2.29. The average molecular weight is 415 g/mol. The van der Waals surface area contributed by atoms with Gasteiger partial charge in [0.2, 0.25) is 0 Å². The maximum atomic E-state index is 13.9. The van der Waals surface area contributed by atoms with Crippen LogP contribution >= 0.6 is 0 Å². The standard InChI is InChI=1S/C24H22FN5O/c1-29-14-13-26-23(29)21(16-7-5-8-17(25)15-16)27-24(31)22-19-11-6-12-20(19)30(28-22)18-9-3-2-4-10-18/h2-5,7-10,13-15,21H,6,11-12H2,1H3,(H,27,31). The normalized spacial score (nSPS) is 13.7. The Labute approximate surface area is 179 Å². The van der Waals surface area contributed by atoms with Gasteiger partial charge in [0.15, 0.2) is 5.69 Å². The SMILES string of the molecule is Cn1ccnc1C(NC(=O)c1nn(-c2ccccc2)c2c1CCC2)c1cccc(F)c1. The summed E-state index contributed by atoms with van der Waals surface area (Å²) in [6.07, 6.45) is 6.16. The van der Waals surface area contributed by atoms with Gasteiger partial charge in [-0.2, -0.15) is 5.10 Å². The van der Waals surface area contributed by atoms with Crippen LogP contribution in [0.15, 0.2) is 67.0 Å². The maximum Gasteiger partial charge on any atom is 0.272 e. The van der Waals surface area contributed by atoms with Gasteiger partial charge >= 0.3 is 0 Å². The fourth-order valence-electron chi connectivity index (χ4n) is 4.24. The highest BCUT2D eigenvalue weighted by molar-refractivity contribution is 5.94. The minimum absolute atomic E-state index is 0.287. The highest BCUT2D eigenvalue weighted by atomic mass is 19.1. The van der Waals surface area contributed by atoms with E-state index in [4.69, 9.17) is 0 Å². The summed E-state index contributed by atoms with van der Waals surface area (Å²) in [5.41, 5.74) is 4.05. The van der Waals surface area contributed by atoms with Crippen molar-refractivity contribution < 1.29 is 9.18 Å². The molecule has 1 atom stereocenters. The van der Waals surface area contributed by atoms with Crippen molar-refractivity contribution in [3.63, 3.8) is 0 Å². The molecule has 1 aliphatic carbocycles. The van der Waals surface area contributed by atoms with Crippen LogP contribution in [0.4, 0.5) is 4.39 Å².